The van der Waals surface area contributed by atoms with Gasteiger partial charge in [0.1, 0.15) is 12.3 Å². The maximum atomic E-state index is 14.4. The minimum absolute atomic E-state index is 0.00827. The monoisotopic (exact) mass is 700 g/mol. The molecule has 9 nitrogen and oxygen atoms in total. The van der Waals surface area contributed by atoms with Gasteiger partial charge >= 0.3 is 0 Å². The van der Waals surface area contributed by atoms with Crippen LogP contribution in [-0.2, 0) is 19.6 Å². The van der Waals surface area contributed by atoms with E-state index in [1.807, 2.05) is 25.7 Å². The van der Waals surface area contributed by atoms with Crippen molar-refractivity contribution in [2.24, 2.45) is 29.6 Å². The Morgan fingerprint density at radius 1 is 0.875 bits per heavy atom. The molecule has 0 aliphatic heterocycles. The molecule has 276 valence electrons. The molecule has 12 heteroatoms. The molecular weight excluding hydrogens is 638 g/mol. The number of nitrogens with one attached hydrogen (secondary N) is 2. The maximum Gasteiger partial charge on any atom is 0.225 e. The highest BCUT2D eigenvalue weighted by Crippen LogP contribution is 2.36. The second kappa shape index (κ2) is 20.1. The van der Waals surface area contributed by atoms with Gasteiger partial charge in [-0.25, -0.2) is 22.2 Å². The number of amides is 2. The van der Waals surface area contributed by atoms with E-state index in [1.54, 1.807) is 0 Å². The molecule has 3 rings (SSSR count). The molecule has 0 bridgehead atoms. The van der Waals surface area contributed by atoms with E-state index in [1.165, 1.54) is 5.01 Å². The summed E-state index contributed by atoms with van der Waals surface area (Å²) in [5, 5.41) is 16.1. The third-order valence-corrected chi connectivity index (χ3v) is 11.8. The van der Waals surface area contributed by atoms with Crippen LogP contribution < -0.4 is 10.1 Å². The number of aliphatic hydroxyl groups excluding tert-OH is 1. The van der Waals surface area contributed by atoms with Crippen LogP contribution in [0.1, 0.15) is 117 Å². The predicted molar refractivity (Wildman–Crippen MR) is 185 cm³/mol. The molecule has 0 aromatic heterocycles. The molecule has 3 aliphatic carbocycles. The Bertz CT molecular complexity index is 1130. The third kappa shape index (κ3) is 13.1. The van der Waals surface area contributed by atoms with Crippen LogP contribution in [0.3, 0.4) is 0 Å². The second-order valence-electron chi connectivity index (χ2n) is 14.8. The molecule has 7 atom stereocenters. The van der Waals surface area contributed by atoms with Crippen LogP contribution in [-0.4, -0.2) is 91.7 Å². The molecule has 0 saturated heterocycles. The van der Waals surface area contributed by atoms with Crippen LogP contribution in [0.25, 0.3) is 0 Å². The van der Waals surface area contributed by atoms with Gasteiger partial charge in [-0.1, -0.05) is 40.0 Å². The Hall–Kier alpha value is -1.81. The summed E-state index contributed by atoms with van der Waals surface area (Å²) in [6.07, 6.45) is 10.7. The van der Waals surface area contributed by atoms with Crippen molar-refractivity contribution in [1.29, 1.82) is 0 Å². The van der Waals surface area contributed by atoms with Crippen molar-refractivity contribution in [3.05, 3.63) is 0 Å². The SMILES string of the molecule is C#CC1CC(C(=O)NC(CC2CC(F)CC(F)C2)C(O)CN(CCC)NS(=O)(=O)CC2CCCCC2)CC(C(=O)N(CCC)CCC)C1. The largest absolute Gasteiger partial charge is 0.390 e. The minimum Gasteiger partial charge on any atom is -0.390 e. The average molecular weight is 701 g/mol. The van der Waals surface area contributed by atoms with Gasteiger partial charge in [-0.05, 0) is 82.5 Å². The maximum absolute atomic E-state index is 14.4. The first-order valence-electron chi connectivity index (χ1n) is 18.6. The highest BCUT2D eigenvalue weighted by molar-refractivity contribution is 7.89. The number of hydrazine groups is 1. The third-order valence-electron chi connectivity index (χ3n) is 10.4. The van der Waals surface area contributed by atoms with Gasteiger partial charge < -0.3 is 15.3 Å². The molecule has 3 saturated carbocycles. The van der Waals surface area contributed by atoms with E-state index in [4.69, 9.17) is 6.42 Å². The van der Waals surface area contributed by atoms with Gasteiger partial charge in [0.15, 0.2) is 0 Å². The van der Waals surface area contributed by atoms with Crippen LogP contribution in [0.5, 0.6) is 0 Å². The van der Waals surface area contributed by atoms with Gasteiger partial charge in [-0.15, -0.1) is 17.2 Å². The van der Waals surface area contributed by atoms with E-state index < -0.39 is 52.3 Å². The lowest BCUT2D eigenvalue weighted by atomic mass is 9.74. The summed E-state index contributed by atoms with van der Waals surface area (Å²) in [5.74, 6) is 0.923. The molecule has 7 unspecified atom stereocenters. The molecule has 48 heavy (non-hydrogen) atoms. The highest BCUT2D eigenvalue weighted by Gasteiger charge is 2.39. The molecule has 3 fully saturated rings. The fourth-order valence-electron chi connectivity index (χ4n) is 8.15. The van der Waals surface area contributed by atoms with Crippen molar-refractivity contribution in [2.75, 3.05) is 31.9 Å². The van der Waals surface area contributed by atoms with Gasteiger partial charge in [-0.2, -0.15) is 0 Å². The molecule has 3 aliphatic rings. The second-order valence-corrected chi connectivity index (χ2v) is 16.5. The lowest BCUT2D eigenvalue weighted by Crippen LogP contribution is -2.55. The lowest BCUT2D eigenvalue weighted by molar-refractivity contribution is -0.139. The normalized spacial score (nSPS) is 28.4. The Morgan fingerprint density at radius 2 is 1.48 bits per heavy atom. The van der Waals surface area contributed by atoms with Crippen LogP contribution in [0, 0.1) is 41.9 Å². The zero-order chi connectivity index (χ0) is 35.3. The van der Waals surface area contributed by atoms with Crippen molar-refractivity contribution in [3.63, 3.8) is 0 Å². The Balaban J connectivity index is 1.77. The number of hydrogen-bond donors (Lipinski definition) is 3. The zero-order valence-corrected chi connectivity index (χ0v) is 30.4. The first kappa shape index (κ1) is 40.6. The van der Waals surface area contributed by atoms with Gasteiger partial charge in [0, 0.05) is 50.4 Å². The number of carbonyl (C=O) groups excluding carboxylic acids is 2. The minimum atomic E-state index is -3.67. The van der Waals surface area contributed by atoms with Crippen LogP contribution in [0.15, 0.2) is 0 Å². The summed E-state index contributed by atoms with van der Waals surface area (Å²) in [6.45, 7) is 7.47. The Morgan fingerprint density at radius 3 is 2.06 bits per heavy atom. The Labute approximate surface area is 288 Å². The molecular formula is C36H62F2N4O5S. The fraction of sp³-hybridized carbons (Fsp3) is 0.889. The number of rotatable bonds is 18. The molecule has 0 radical (unpaired) electrons. The van der Waals surface area contributed by atoms with E-state index in [2.05, 4.69) is 16.1 Å². The number of carbonyl (C=O) groups is 2. The summed E-state index contributed by atoms with van der Waals surface area (Å²) >= 11 is 0. The molecule has 0 spiro atoms. The van der Waals surface area contributed by atoms with Gasteiger partial charge in [0.05, 0.1) is 17.9 Å². The number of aliphatic hydroxyl groups is 1. The first-order valence-corrected chi connectivity index (χ1v) is 20.3. The number of halogens is 2. The van der Waals surface area contributed by atoms with Crippen molar-refractivity contribution >= 4 is 21.8 Å². The fourth-order valence-corrected chi connectivity index (χ4v) is 9.74. The number of sulfonamides is 1. The van der Waals surface area contributed by atoms with E-state index >= 15 is 0 Å². The summed E-state index contributed by atoms with van der Waals surface area (Å²) in [7, 11) is -3.67. The molecule has 2 amide bonds. The molecule has 3 N–H and O–H groups in total. The van der Waals surface area contributed by atoms with Crippen molar-refractivity contribution in [2.45, 2.75) is 142 Å². The first-order chi connectivity index (χ1) is 22.9. The predicted octanol–water partition coefficient (Wildman–Crippen LogP) is 5.14. The quantitative estimate of drug-likeness (QED) is 0.135. The van der Waals surface area contributed by atoms with E-state index in [0.29, 0.717) is 45.3 Å². The van der Waals surface area contributed by atoms with Crippen molar-refractivity contribution in [1.82, 2.24) is 20.1 Å². The van der Waals surface area contributed by atoms with E-state index in [-0.39, 0.29) is 61.6 Å². The van der Waals surface area contributed by atoms with Gasteiger partial charge in [0.25, 0.3) is 0 Å². The van der Waals surface area contributed by atoms with Crippen LogP contribution >= 0.6 is 0 Å². The average Bonchev–Trinajstić information content (AvgIpc) is 3.03. The smallest absolute Gasteiger partial charge is 0.225 e. The zero-order valence-electron chi connectivity index (χ0n) is 29.6. The van der Waals surface area contributed by atoms with Crippen molar-refractivity contribution < 1.29 is 31.9 Å². The number of nitrogens with zero attached hydrogens (tertiary/aromatic N) is 2. The molecule has 0 aromatic carbocycles. The van der Waals surface area contributed by atoms with Crippen molar-refractivity contribution in [3.8, 4) is 12.3 Å². The lowest BCUT2D eigenvalue weighted by Gasteiger charge is -2.37. The molecule has 0 heterocycles. The highest BCUT2D eigenvalue weighted by atomic mass is 32.2. The summed E-state index contributed by atoms with van der Waals surface area (Å²) < 4.78 is 55.1. The standard InChI is InChI=1S/C36H62F2N4O5S/c1-5-14-41(15-6-2)36(45)30-18-26(8-4)17-29(22-30)35(44)39-33(21-28-19-31(37)23-32(38)20-28)34(43)24-42(16-7-3)40-48(46,47)25-27-12-10-9-11-13-27/h4,26-34,40,43H,5-7,9-25H2,1-3H3,(H,39,44). The number of alkyl halides is 2. The van der Waals surface area contributed by atoms with Gasteiger partial charge in [0.2, 0.25) is 21.8 Å². The number of terminal acetylenes is 1. The summed E-state index contributed by atoms with van der Waals surface area (Å²) in [5.41, 5.74) is 0. The van der Waals surface area contributed by atoms with E-state index in [0.717, 1.165) is 44.9 Å². The molecule has 0 aromatic rings. The van der Waals surface area contributed by atoms with Crippen LogP contribution in [0.4, 0.5) is 8.78 Å². The topological polar surface area (TPSA) is 119 Å². The van der Waals surface area contributed by atoms with E-state index in [9.17, 15) is 31.9 Å². The summed E-state index contributed by atoms with van der Waals surface area (Å²) in [6, 6.07) is -0.876. The summed E-state index contributed by atoms with van der Waals surface area (Å²) in [4.78, 5) is 32.0. The number of hydrogen-bond acceptors (Lipinski definition) is 6. The van der Waals surface area contributed by atoms with Crippen LogP contribution in [0.2, 0.25) is 0 Å². The van der Waals surface area contributed by atoms with Gasteiger partial charge in [-0.3, -0.25) is 9.59 Å². The Kier molecular flexibility index (Phi) is 17.0.